The van der Waals surface area contributed by atoms with Gasteiger partial charge in [-0.3, -0.25) is 33.6 Å². The quantitative estimate of drug-likeness (QED) is 0.0511. The van der Waals surface area contributed by atoms with E-state index in [1.807, 2.05) is 96.9 Å². The summed E-state index contributed by atoms with van der Waals surface area (Å²) in [6.45, 7) is 29.1. The second-order valence-corrected chi connectivity index (χ2v) is 27.7. The van der Waals surface area contributed by atoms with Crippen LogP contribution in [0.3, 0.4) is 0 Å². The van der Waals surface area contributed by atoms with Crippen LogP contribution in [0.4, 0.5) is 0 Å². The highest BCUT2D eigenvalue weighted by molar-refractivity contribution is 5.87. The smallest absolute Gasteiger partial charge is 0.165 e. The summed E-state index contributed by atoms with van der Waals surface area (Å²) < 4.78 is 0. The lowest BCUT2D eigenvalue weighted by molar-refractivity contribution is -0.135. The number of aliphatic hydroxyl groups is 7. The number of piperidine rings is 1. The minimum absolute atomic E-state index is 0. The maximum atomic E-state index is 11.5. The third-order valence-electron chi connectivity index (χ3n) is 18.1. The van der Waals surface area contributed by atoms with E-state index in [0.29, 0.717) is 0 Å². The van der Waals surface area contributed by atoms with E-state index in [1.54, 1.807) is 0 Å². The van der Waals surface area contributed by atoms with Crippen LogP contribution in [0.2, 0.25) is 0 Å². The van der Waals surface area contributed by atoms with Crippen molar-refractivity contribution < 1.29 is 69.3 Å². The van der Waals surface area contributed by atoms with E-state index in [-0.39, 0.29) is 146 Å². The van der Waals surface area contributed by atoms with Gasteiger partial charge in [0.05, 0.1) is 0 Å². The molecule has 9 unspecified atom stereocenters. The first-order valence-corrected chi connectivity index (χ1v) is 33.6. The molecule has 17 heteroatoms. The molecule has 17 nitrogen and oxygen atoms in total. The molecule has 10 N–H and O–H groups in total. The summed E-state index contributed by atoms with van der Waals surface area (Å²) in [6.07, 6.45) is 19.0. The van der Waals surface area contributed by atoms with Gasteiger partial charge in [0.25, 0.3) is 0 Å². The van der Waals surface area contributed by atoms with Crippen molar-refractivity contribution in [3.05, 3.63) is 0 Å². The molecule has 9 atom stereocenters. The van der Waals surface area contributed by atoms with Gasteiger partial charge in [-0.2, -0.15) is 0 Å². The minimum atomic E-state index is -0.805. The van der Waals surface area contributed by atoms with Crippen LogP contribution in [0.1, 0.15) is 260 Å². The summed E-state index contributed by atoms with van der Waals surface area (Å²) >= 11 is 0. The molecular weight excluding hydrogens is 1120 g/mol. The molecular formula is C71H137N3O14. The van der Waals surface area contributed by atoms with Gasteiger partial charge in [-0.25, -0.2) is 0 Å². The molecule has 3 aliphatic heterocycles. The molecule has 3 saturated heterocycles. The van der Waals surface area contributed by atoms with Crippen LogP contribution in [0.5, 0.6) is 0 Å². The fourth-order valence-corrected chi connectivity index (χ4v) is 11.5. The van der Waals surface area contributed by atoms with Crippen LogP contribution >= 0.6 is 0 Å². The second kappa shape index (κ2) is 48.1. The summed E-state index contributed by atoms with van der Waals surface area (Å²) in [5.74, 6) is 0.800. The van der Waals surface area contributed by atoms with E-state index in [2.05, 4.69) is 16.0 Å². The standard InChI is InChI=1S/2C11H20O2.C10H19NO2.C10H18O2.C9H17NO2.C9H16O2.C8H15NO2.3CH4/c2*1-8(2)10(12)11(13)9-6-4-3-5-7-9;1-7(2)9(12)10(13)8-5-3-4-6-11-8;1-7(2)9(11)10(12)8-5-3-4-6-8;1-6(2)8(11)9(12)7-4-3-5-10-7;1-6(2)8(10)9(11)7-4-3-5-7;1-5(2)7(10)8(11)6-3-9-4-6;;;/h2*8-9,11,13H,3-7H2,1-2H3;7-8,10-11,13H,3-6H2,1-2H3;7-8,10,12H,3-6H2,1-2H3;6-7,9-10,12H,3-5H2,1-2H3;6-7,9,11H,3-5H2,1-2H3;5-6,8-9,11H,3-4H2,1-2H3;3*1H4. The summed E-state index contributed by atoms with van der Waals surface area (Å²) in [5.41, 5.74) is 0. The number of Topliss-reactive ketones (excluding diaryl/α,β-unsaturated/α-hetero) is 7. The summed E-state index contributed by atoms with van der Waals surface area (Å²) in [4.78, 5) is 79.6. The maximum absolute atomic E-state index is 11.5. The zero-order chi connectivity index (χ0) is 64.7. The lowest BCUT2D eigenvalue weighted by Crippen LogP contribution is -2.51. The maximum Gasteiger partial charge on any atom is 0.165 e. The molecule has 88 heavy (non-hydrogen) atoms. The van der Waals surface area contributed by atoms with E-state index < -0.39 is 42.7 Å². The molecule has 7 rings (SSSR count). The van der Waals surface area contributed by atoms with Gasteiger partial charge < -0.3 is 51.7 Å². The van der Waals surface area contributed by atoms with Crippen LogP contribution in [0.25, 0.3) is 0 Å². The summed E-state index contributed by atoms with van der Waals surface area (Å²) in [6, 6.07) is -0.0106. The van der Waals surface area contributed by atoms with Crippen LogP contribution in [-0.2, 0) is 33.6 Å². The Morgan fingerprint density at radius 2 is 0.466 bits per heavy atom. The first kappa shape index (κ1) is 89.5. The van der Waals surface area contributed by atoms with Crippen molar-refractivity contribution in [2.75, 3.05) is 26.2 Å². The van der Waals surface area contributed by atoms with E-state index in [1.165, 1.54) is 57.8 Å². The average molecular weight is 1260 g/mol. The van der Waals surface area contributed by atoms with E-state index in [9.17, 15) is 69.3 Å². The van der Waals surface area contributed by atoms with Crippen LogP contribution < -0.4 is 16.0 Å². The third kappa shape index (κ3) is 32.7. The first-order valence-electron chi connectivity index (χ1n) is 33.6. The fourth-order valence-electron chi connectivity index (χ4n) is 11.5. The summed E-state index contributed by atoms with van der Waals surface area (Å²) in [7, 11) is 0. The van der Waals surface area contributed by atoms with E-state index in [0.717, 1.165) is 110 Å². The van der Waals surface area contributed by atoms with Crippen molar-refractivity contribution >= 4 is 40.5 Å². The molecule has 3 heterocycles. The summed E-state index contributed by atoms with van der Waals surface area (Å²) in [5, 5.41) is 76.6. The molecule has 7 aliphatic rings. The Bertz CT molecular complexity index is 1720. The number of hydrogen-bond acceptors (Lipinski definition) is 17. The molecule has 0 aromatic carbocycles. The van der Waals surface area contributed by atoms with Crippen molar-refractivity contribution in [1.29, 1.82) is 0 Å². The second-order valence-electron chi connectivity index (χ2n) is 27.7. The van der Waals surface area contributed by atoms with Gasteiger partial charge in [0, 0.05) is 72.5 Å². The number of carbonyl (C=O) groups excluding carboxylic acids is 7. The van der Waals surface area contributed by atoms with Gasteiger partial charge in [0.1, 0.15) is 42.7 Å². The Labute approximate surface area is 536 Å². The van der Waals surface area contributed by atoms with Crippen molar-refractivity contribution in [1.82, 2.24) is 16.0 Å². The van der Waals surface area contributed by atoms with Crippen molar-refractivity contribution in [2.24, 2.45) is 71.0 Å². The Hall–Kier alpha value is -2.71. The monoisotopic (exact) mass is 1260 g/mol. The molecule has 0 aromatic heterocycles. The fraction of sp³-hybridized carbons (Fsp3) is 0.901. The molecule has 0 radical (unpaired) electrons. The third-order valence-corrected chi connectivity index (χ3v) is 18.1. The predicted molar refractivity (Wildman–Crippen MR) is 357 cm³/mol. The highest BCUT2D eigenvalue weighted by atomic mass is 16.3. The lowest BCUT2D eigenvalue weighted by Gasteiger charge is -2.31. The largest absolute Gasteiger partial charge is 0.385 e. The van der Waals surface area contributed by atoms with Crippen LogP contribution in [-0.4, -0.2) is 157 Å². The number of rotatable bonds is 21. The average Bonchev–Trinajstić information content (AvgIpc) is 4.35. The topological polar surface area (TPSA) is 297 Å². The predicted octanol–water partition coefficient (Wildman–Crippen LogP) is 10.2. The van der Waals surface area contributed by atoms with Crippen molar-refractivity contribution in [3.63, 3.8) is 0 Å². The molecule has 0 aromatic rings. The highest BCUT2D eigenvalue weighted by Gasteiger charge is 2.35. The lowest BCUT2D eigenvalue weighted by atomic mass is 9.78. The normalized spacial score (nSPS) is 22.2. The number of hydrogen-bond donors (Lipinski definition) is 10. The Kier molecular flexibility index (Phi) is 48.9. The van der Waals surface area contributed by atoms with E-state index >= 15 is 0 Å². The molecule has 0 bridgehead atoms. The highest BCUT2D eigenvalue weighted by Crippen LogP contribution is 2.32. The SMILES string of the molecule is C.C.C.CC(C)C(=O)C(O)C1CCC1.CC(C)C(=O)C(O)C1CCCC1.CC(C)C(=O)C(O)C1CCCCC1.CC(C)C(=O)C(O)C1CCCCC1.CC(C)C(=O)C(O)C1CCCCN1.CC(C)C(=O)C(O)C1CCCN1.CC(C)C(=O)C(O)C1CNC1. The van der Waals surface area contributed by atoms with Gasteiger partial charge in [0.2, 0.25) is 0 Å². The molecule has 4 saturated carbocycles. The van der Waals surface area contributed by atoms with E-state index in [4.69, 9.17) is 0 Å². The van der Waals surface area contributed by atoms with Gasteiger partial charge >= 0.3 is 0 Å². The van der Waals surface area contributed by atoms with Gasteiger partial charge in [-0.1, -0.05) is 183 Å². The molecule has 0 amide bonds. The Morgan fingerprint density at radius 1 is 0.261 bits per heavy atom. The number of carbonyl (C=O) groups is 7. The molecule has 0 spiro atoms. The molecule has 4 aliphatic carbocycles. The zero-order valence-corrected chi connectivity index (χ0v) is 55.5. The van der Waals surface area contributed by atoms with Crippen molar-refractivity contribution in [2.45, 2.75) is 315 Å². The van der Waals surface area contributed by atoms with Crippen LogP contribution in [0, 0.1) is 71.0 Å². The first-order chi connectivity index (χ1) is 39.9. The van der Waals surface area contributed by atoms with Gasteiger partial charge in [-0.05, 0) is 114 Å². The number of nitrogens with one attached hydrogen (secondary N) is 3. The minimum Gasteiger partial charge on any atom is -0.385 e. The zero-order valence-electron chi connectivity index (χ0n) is 55.5. The van der Waals surface area contributed by atoms with Crippen molar-refractivity contribution in [3.8, 4) is 0 Å². The molecule has 520 valence electrons. The Balaban J connectivity index is -0.000000953. The molecule has 7 fully saturated rings. The van der Waals surface area contributed by atoms with Gasteiger partial charge in [0.15, 0.2) is 40.5 Å². The van der Waals surface area contributed by atoms with Gasteiger partial charge in [-0.15, -0.1) is 0 Å². The Morgan fingerprint density at radius 3 is 0.659 bits per heavy atom. The van der Waals surface area contributed by atoms with Crippen LogP contribution in [0.15, 0.2) is 0 Å². The number of ketones is 7. The number of aliphatic hydroxyl groups excluding tert-OH is 7.